The van der Waals surface area contributed by atoms with Crippen molar-refractivity contribution in [3.63, 3.8) is 0 Å². The van der Waals surface area contributed by atoms with Crippen molar-refractivity contribution in [3.8, 4) is 17.0 Å². The van der Waals surface area contributed by atoms with Crippen LogP contribution in [0.4, 0.5) is 21.5 Å². The predicted molar refractivity (Wildman–Crippen MR) is 124 cm³/mol. The molecule has 0 aliphatic carbocycles. The van der Waals surface area contributed by atoms with E-state index in [2.05, 4.69) is 25.9 Å². The average Bonchev–Trinajstić information content (AvgIpc) is 3.22. The predicted octanol–water partition coefficient (Wildman–Crippen LogP) is 1.37. The van der Waals surface area contributed by atoms with Crippen LogP contribution in [-0.2, 0) is 3.07 Å². The summed E-state index contributed by atoms with van der Waals surface area (Å²) in [5, 5.41) is 9.81. The van der Waals surface area contributed by atoms with Crippen molar-refractivity contribution in [2.75, 3.05) is 37.4 Å². The van der Waals surface area contributed by atoms with E-state index in [0.29, 0.717) is 23.5 Å². The van der Waals surface area contributed by atoms with Crippen LogP contribution in [0.1, 0.15) is 39.2 Å². The van der Waals surface area contributed by atoms with Gasteiger partial charge in [-0.25, -0.2) is 0 Å². The van der Waals surface area contributed by atoms with Crippen LogP contribution in [0.25, 0.3) is 11.3 Å². The minimum absolute atomic E-state index is 0.0800. The third-order valence-corrected chi connectivity index (χ3v) is 8.39. The van der Waals surface area contributed by atoms with Crippen LogP contribution in [0.2, 0.25) is 0 Å². The number of pyridine rings is 1. The van der Waals surface area contributed by atoms with Crippen LogP contribution >= 0.6 is 0 Å². The molecular weight excluding hydrogens is 552 g/mol. The molecule has 0 saturated carbocycles. The Labute approximate surface area is 207 Å². The second-order valence-electron chi connectivity index (χ2n) is 8.10. The van der Waals surface area contributed by atoms with Gasteiger partial charge in [0.15, 0.2) is 0 Å². The number of anilines is 3. The number of alkyl halides is 1. The zero-order valence-electron chi connectivity index (χ0n) is 18.7. The van der Waals surface area contributed by atoms with Crippen molar-refractivity contribution in [1.29, 1.82) is 0 Å². The molecule has 34 heavy (non-hydrogen) atoms. The van der Waals surface area contributed by atoms with Crippen LogP contribution in [0.15, 0.2) is 36.7 Å². The zero-order chi connectivity index (χ0) is 23.5. The number of aromatic amines is 1. The number of aromatic nitrogens is 2. The summed E-state index contributed by atoms with van der Waals surface area (Å²) in [6.45, 7) is 2.06. The van der Waals surface area contributed by atoms with Crippen molar-refractivity contribution in [2.45, 2.75) is 23.2 Å². The Kier molecular flexibility index (Phi) is 6.86. The summed E-state index contributed by atoms with van der Waals surface area (Å²) in [7, 11) is 1.42. The van der Waals surface area contributed by atoms with Crippen LogP contribution < -0.4 is 42.3 Å². The van der Waals surface area contributed by atoms with E-state index in [9.17, 15) is 9.18 Å². The summed E-state index contributed by atoms with van der Waals surface area (Å²) in [6.07, 6.45) is 6.63. The molecule has 0 spiro atoms. The SMILES string of the molecule is COc1c(F)cccc1Nc1c2[nH]c3c1C(=O)NCC3[I-]OCCCCCNc1cnccc1-2. The van der Waals surface area contributed by atoms with E-state index in [1.54, 1.807) is 24.5 Å². The van der Waals surface area contributed by atoms with Gasteiger partial charge in [-0.2, -0.15) is 0 Å². The number of para-hydroxylation sites is 1. The molecular formula is C24H26FIN5O3-. The monoisotopic (exact) mass is 578 g/mol. The molecule has 8 nitrogen and oxygen atoms in total. The van der Waals surface area contributed by atoms with E-state index in [0.717, 1.165) is 55.1 Å². The normalized spacial score (nSPS) is 18.4. The molecule has 1 unspecified atom stereocenters. The molecule has 5 rings (SSSR count). The van der Waals surface area contributed by atoms with E-state index >= 15 is 0 Å². The third-order valence-electron chi connectivity index (χ3n) is 5.92. The summed E-state index contributed by atoms with van der Waals surface area (Å²) < 4.78 is 25.9. The van der Waals surface area contributed by atoms with Gasteiger partial charge in [0, 0.05) is 0 Å². The third kappa shape index (κ3) is 4.43. The summed E-state index contributed by atoms with van der Waals surface area (Å²) >= 11 is -0.644. The Morgan fingerprint density at radius 3 is 3.03 bits per heavy atom. The molecule has 3 aromatic rings. The number of hydrogen-bond acceptors (Lipinski definition) is 6. The summed E-state index contributed by atoms with van der Waals surface area (Å²) in [5.41, 5.74) is 4.88. The van der Waals surface area contributed by atoms with Gasteiger partial charge in [-0.1, -0.05) is 0 Å². The molecule has 0 saturated heterocycles. The first kappa shape index (κ1) is 22.9. The number of benzene rings is 1. The van der Waals surface area contributed by atoms with Crippen LogP contribution in [0.5, 0.6) is 5.75 Å². The molecule has 4 N–H and O–H groups in total. The van der Waals surface area contributed by atoms with Gasteiger partial charge in [-0.3, -0.25) is 0 Å². The van der Waals surface area contributed by atoms with Gasteiger partial charge in [0.2, 0.25) is 0 Å². The molecule has 1 amide bonds. The van der Waals surface area contributed by atoms with E-state index in [1.165, 1.54) is 13.2 Å². The minimum atomic E-state index is -0.644. The van der Waals surface area contributed by atoms with Crippen molar-refractivity contribution in [2.24, 2.45) is 0 Å². The van der Waals surface area contributed by atoms with Gasteiger partial charge in [0.1, 0.15) is 0 Å². The molecule has 1 aromatic carbocycles. The van der Waals surface area contributed by atoms with Gasteiger partial charge in [-0.05, 0) is 0 Å². The number of nitrogens with zero attached hydrogens (tertiary/aromatic N) is 1. The van der Waals surface area contributed by atoms with Crippen molar-refractivity contribution in [1.82, 2.24) is 15.3 Å². The molecule has 180 valence electrons. The van der Waals surface area contributed by atoms with E-state index in [-0.39, 0.29) is 15.6 Å². The molecule has 0 fully saturated rings. The summed E-state index contributed by atoms with van der Waals surface area (Å²) in [5.74, 6) is -0.570. The van der Waals surface area contributed by atoms with Crippen LogP contribution in [0, 0.1) is 5.82 Å². The molecule has 2 aromatic heterocycles. The van der Waals surface area contributed by atoms with Crippen molar-refractivity contribution < 1.29 is 38.6 Å². The summed E-state index contributed by atoms with van der Waals surface area (Å²) in [4.78, 5) is 21.0. The number of ether oxygens (including phenoxy) is 1. The Morgan fingerprint density at radius 2 is 2.15 bits per heavy atom. The molecule has 2 aliphatic heterocycles. The molecule has 1 atom stereocenters. The summed E-state index contributed by atoms with van der Waals surface area (Å²) in [6, 6.07) is 6.59. The molecule has 10 heteroatoms. The number of rotatable bonds is 3. The zero-order valence-corrected chi connectivity index (χ0v) is 20.9. The maximum absolute atomic E-state index is 14.4. The van der Waals surface area contributed by atoms with Crippen molar-refractivity contribution in [3.05, 3.63) is 53.7 Å². The number of nitrogens with one attached hydrogen (secondary N) is 4. The van der Waals surface area contributed by atoms with Gasteiger partial charge in [0.25, 0.3) is 0 Å². The first-order chi connectivity index (χ1) is 16.7. The fourth-order valence-corrected chi connectivity index (χ4v) is 6.39. The Bertz CT molecular complexity index is 1200. The topological polar surface area (TPSA) is 100 Å². The number of carbonyl (C=O) groups is 1. The van der Waals surface area contributed by atoms with Gasteiger partial charge < -0.3 is 0 Å². The average molecular weight is 578 g/mol. The Balaban J connectivity index is 1.69. The first-order valence-electron chi connectivity index (χ1n) is 11.2. The quantitative estimate of drug-likeness (QED) is 0.277. The maximum atomic E-state index is 14.4. The van der Waals surface area contributed by atoms with Crippen molar-refractivity contribution >= 4 is 23.0 Å². The van der Waals surface area contributed by atoms with Crippen LogP contribution in [0.3, 0.4) is 0 Å². The number of methoxy groups -OCH3 is 1. The van der Waals surface area contributed by atoms with E-state index < -0.39 is 27.4 Å². The number of H-pyrrole nitrogens is 1. The molecule has 2 aliphatic rings. The van der Waals surface area contributed by atoms with Crippen LogP contribution in [-0.4, -0.2) is 42.7 Å². The number of fused-ring (bicyclic) bond motifs is 3. The second-order valence-corrected chi connectivity index (χ2v) is 10.7. The molecule has 4 heterocycles. The number of hydrogen-bond donors (Lipinski definition) is 4. The van der Waals surface area contributed by atoms with Gasteiger partial charge in [0.05, 0.1) is 0 Å². The first-order valence-corrected chi connectivity index (χ1v) is 13.4. The Morgan fingerprint density at radius 1 is 1.24 bits per heavy atom. The number of amides is 1. The number of halogens is 2. The van der Waals surface area contributed by atoms with Gasteiger partial charge in [-0.15, -0.1) is 0 Å². The number of carbonyl (C=O) groups excluding carboxylic acids is 1. The fourth-order valence-electron chi connectivity index (χ4n) is 4.27. The standard InChI is InChI=1S/C24H26FIN5O3/c1-33-23-15(25)6-5-7-17(23)30-22-19-21-16(12-29-24(19)32)26-34-11-4-2-3-9-28-18-13-27-10-8-14(18)20(22)31-21/h5-8,10,13,16,28,30-31H,2-4,9,11-12H2,1H3,(H,29,32)/q-1. The molecule has 2 bridgehead atoms. The van der Waals surface area contributed by atoms with Gasteiger partial charge >= 0.3 is 208 Å². The molecule has 0 radical (unpaired) electrons. The van der Waals surface area contributed by atoms with E-state index in [4.69, 9.17) is 7.80 Å². The Hall–Kier alpha value is -2.86. The fraction of sp³-hybridized carbons (Fsp3) is 0.333. The van der Waals surface area contributed by atoms with E-state index in [1.807, 2.05) is 6.07 Å². The second kappa shape index (κ2) is 10.2.